The lowest BCUT2D eigenvalue weighted by Crippen LogP contribution is -2.42. The zero-order valence-corrected chi connectivity index (χ0v) is 14.9. The molecule has 0 aromatic heterocycles. The van der Waals surface area contributed by atoms with Gasteiger partial charge in [-0.15, -0.1) is 0 Å². The molecule has 1 heterocycles. The first-order valence-corrected chi connectivity index (χ1v) is 8.16. The van der Waals surface area contributed by atoms with Crippen LogP contribution in [-0.2, 0) is 0 Å². The van der Waals surface area contributed by atoms with E-state index in [1.165, 1.54) is 22.9 Å². The number of aryl methyl sites for hydroxylation is 1. The van der Waals surface area contributed by atoms with Gasteiger partial charge in [-0.2, -0.15) is 0 Å². The lowest BCUT2D eigenvalue weighted by atomic mass is 9.87. The Morgan fingerprint density at radius 3 is 2.54 bits per heavy atom. The average Bonchev–Trinajstić information content (AvgIpc) is 2.52. The molecule has 0 saturated carbocycles. The normalized spacial score (nSPS) is 16.2. The van der Waals surface area contributed by atoms with E-state index in [1.54, 1.807) is 24.4 Å². The summed E-state index contributed by atoms with van der Waals surface area (Å²) in [6, 6.07) is 10.9. The van der Waals surface area contributed by atoms with Crippen LogP contribution < -0.4 is 4.90 Å². The first-order valence-electron chi connectivity index (χ1n) is 8.16. The Hall–Kier alpha value is -2.42. The molecule has 3 heteroatoms. The fraction of sp³-hybridized carbons (Fsp3) is 0.286. The first kappa shape index (κ1) is 16.4. The number of para-hydroxylation sites is 1. The number of benzene rings is 2. The molecule has 2 aromatic rings. The van der Waals surface area contributed by atoms with Crippen molar-refractivity contribution in [2.75, 3.05) is 11.9 Å². The number of allylic oxidation sites excluding steroid dienone is 1. The fourth-order valence-electron chi connectivity index (χ4n) is 3.15. The fourth-order valence-corrected chi connectivity index (χ4v) is 3.15. The Bertz CT molecular complexity index is 847. The summed E-state index contributed by atoms with van der Waals surface area (Å²) in [5, 5.41) is 0. The molecule has 0 fully saturated rings. The van der Waals surface area contributed by atoms with Crippen LogP contribution in [0.5, 0.6) is 0 Å². The number of aliphatic imine (C=N–C) groups is 1. The Kier molecular flexibility index (Phi) is 4.04. The van der Waals surface area contributed by atoms with E-state index in [2.05, 4.69) is 62.8 Å². The largest absolute Gasteiger partial charge is 0.365 e. The number of hydrogen-bond acceptors (Lipinski definition) is 2. The van der Waals surface area contributed by atoms with Gasteiger partial charge >= 0.3 is 0 Å². The van der Waals surface area contributed by atoms with Crippen molar-refractivity contribution in [2.45, 2.75) is 33.2 Å². The van der Waals surface area contributed by atoms with Gasteiger partial charge in [0.2, 0.25) is 0 Å². The molecule has 0 atom stereocenters. The van der Waals surface area contributed by atoms with Crippen LogP contribution in [0.1, 0.15) is 37.5 Å². The highest BCUT2D eigenvalue weighted by atomic mass is 19.1. The second-order valence-electron chi connectivity index (χ2n) is 6.98. The highest BCUT2D eigenvalue weighted by molar-refractivity contribution is 5.90. The molecule has 0 saturated heterocycles. The highest BCUT2D eigenvalue weighted by Crippen LogP contribution is 2.39. The summed E-state index contributed by atoms with van der Waals surface area (Å²) in [6.07, 6.45) is 4.03. The minimum Gasteiger partial charge on any atom is -0.365 e. The summed E-state index contributed by atoms with van der Waals surface area (Å²) in [4.78, 5) is 6.62. The van der Waals surface area contributed by atoms with Gasteiger partial charge in [0, 0.05) is 24.5 Å². The lowest BCUT2D eigenvalue weighted by Gasteiger charge is -2.41. The number of anilines is 1. The van der Waals surface area contributed by atoms with Crippen LogP contribution in [0.15, 0.2) is 47.5 Å². The second-order valence-corrected chi connectivity index (χ2v) is 6.98. The quantitative estimate of drug-likeness (QED) is 0.665. The van der Waals surface area contributed by atoms with Gasteiger partial charge in [-0.05, 0) is 68.7 Å². The van der Waals surface area contributed by atoms with Gasteiger partial charge in [0.05, 0.1) is 11.2 Å². The number of rotatable bonds is 2. The number of likely N-dealkylation sites (N-methyl/N-ethyl adjacent to an activating group) is 1. The van der Waals surface area contributed by atoms with E-state index in [0.717, 1.165) is 11.1 Å². The van der Waals surface area contributed by atoms with Crippen molar-refractivity contribution in [1.29, 1.82) is 0 Å². The van der Waals surface area contributed by atoms with E-state index in [0.29, 0.717) is 5.69 Å². The molecular weight excluding hydrogens is 299 g/mol. The summed E-state index contributed by atoms with van der Waals surface area (Å²) in [7, 11) is 2.12. The lowest BCUT2D eigenvalue weighted by molar-refractivity contribution is 0.597. The van der Waals surface area contributed by atoms with Gasteiger partial charge in [0.15, 0.2) is 0 Å². The molecule has 2 aromatic carbocycles. The van der Waals surface area contributed by atoms with Crippen molar-refractivity contribution in [3.8, 4) is 0 Å². The van der Waals surface area contributed by atoms with Gasteiger partial charge in [-0.1, -0.05) is 18.2 Å². The van der Waals surface area contributed by atoms with Gasteiger partial charge in [0.25, 0.3) is 0 Å². The topological polar surface area (TPSA) is 15.6 Å². The third-order valence-electron chi connectivity index (χ3n) is 4.80. The number of hydrogen-bond donors (Lipinski definition) is 0. The van der Waals surface area contributed by atoms with E-state index in [9.17, 15) is 4.39 Å². The molecule has 0 unspecified atom stereocenters. The molecule has 24 heavy (non-hydrogen) atoms. The van der Waals surface area contributed by atoms with Crippen LogP contribution in [0.4, 0.5) is 15.8 Å². The van der Waals surface area contributed by atoms with Crippen LogP contribution >= 0.6 is 0 Å². The van der Waals surface area contributed by atoms with Crippen molar-refractivity contribution in [2.24, 2.45) is 4.99 Å². The molecule has 1 aliphatic rings. The van der Waals surface area contributed by atoms with Gasteiger partial charge in [-0.3, -0.25) is 4.99 Å². The van der Waals surface area contributed by atoms with Gasteiger partial charge in [0.1, 0.15) is 5.82 Å². The molecule has 0 spiro atoms. The summed E-state index contributed by atoms with van der Waals surface area (Å²) in [5.74, 6) is -0.304. The SMILES string of the molecule is CC1=CC(C)(C)N(C)c2cc(C)c(C=Nc3ccccc3F)cc21. The number of halogens is 1. The van der Waals surface area contributed by atoms with Crippen molar-refractivity contribution in [1.82, 2.24) is 0 Å². The predicted octanol–water partition coefficient (Wildman–Crippen LogP) is 5.52. The van der Waals surface area contributed by atoms with Crippen molar-refractivity contribution in [3.05, 3.63) is 65.0 Å². The maximum absolute atomic E-state index is 13.7. The molecule has 0 N–H and O–H groups in total. The van der Waals surface area contributed by atoms with E-state index >= 15 is 0 Å². The maximum Gasteiger partial charge on any atom is 0.148 e. The number of fused-ring (bicyclic) bond motifs is 1. The molecule has 0 aliphatic carbocycles. The molecule has 124 valence electrons. The monoisotopic (exact) mass is 322 g/mol. The molecule has 1 aliphatic heterocycles. The number of nitrogens with zero attached hydrogens (tertiary/aromatic N) is 2. The minimum absolute atomic E-state index is 0.00764. The zero-order valence-electron chi connectivity index (χ0n) is 14.9. The first-order chi connectivity index (χ1) is 11.3. The van der Waals surface area contributed by atoms with E-state index in [1.807, 2.05) is 0 Å². The summed E-state index contributed by atoms with van der Waals surface area (Å²) >= 11 is 0. The molecule has 0 bridgehead atoms. The Labute approximate surface area is 143 Å². The van der Waals surface area contributed by atoms with E-state index < -0.39 is 0 Å². The molecular formula is C21H23FN2. The third-order valence-corrected chi connectivity index (χ3v) is 4.80. The molecule has 3 rings (SSSR count). The molecule has 0 radical (unpaired) electrons. The molecule has 0 amide bonds. The van der Waals surface area contributed by atoms with Gasteiger partial charge < -0.3 is 4.90 Å². The highest BCUT2D eigenvalue weighted by Gasteiger charge is 2.28. The maximum atomic E-state index is 13.7. The van der Waals surface area contributed by atoms with E-state index in [-0.39, 0.29) is 11.4 Å². The summed E-state index contributed by atoms with van der Waals surface area (Å²) < 4.78 is 13.7. The molecule has 2 nitrogen and oxygen atoms in total. The van der Waals surface area contributed by atoms with Crippen LogP contribution in [0.3, 0.4) is 0 Å². The van der Waals surface area contributed by atoms with Crippen molar-refractivity contribution >= 4 is 23.2 Å². The zero-order chi connectivity index (χ0) is 17.5. The van der Waals surface area contributed by atoms with Crippen LogP contribution in [0, 0.1) is 12.7 Å². The smallest absolute Gasteiger partial charge is 0.148 e. The Morgan fingerprint density at radius 2 is 1.83 bits per heavy atom. The van der Waals surface area contributed by atoms with E-state index in [4.69, 9.17) is 0 Å². The van der Waals surface area contributed by atoms with Crippen LogP contribution in [-0.4, -0.2) is 18.8 Å². The van der Waals surface area contributed by atoms with Crippen LogP contribution in [0.2, 0.25) is 0 Å². The standard InChI is InChI=1S/C21H23FN2/c1-14-10-20-17(15(2)12-21(3,4)24(20)5)11-16(14)13-23-19-9-7-6-8-18(19)22/h6-13H,1-5H3. The van der Waals surface area contributed by atoms with Crippen LogP contribution in [0.25, 0.3) is 5.57 Å². The second kappa shape index (κ2) is 5.90. The Balaban J connectivity index is 2.04. The Morgan fingerprint density at radius 1 is 1.12 bits per heavy atom. The van der Waals surface area contributed by atoms with Gasteiger partial charge in [-0.25, -0.2) is 4.39 Å². The third kappa shape index (κ3) is 2.86. The van der Waals surface area contributed by atoms with Crippen molar-refractivity contribution < 1.29 is 4.39 Å². The summed E-state index contributed by atoms with van der Waals surface area (Å²) in [5.41, 5.74) is 6.18. The minimum atomic E-state index is -0.304. The average molecular weight is 322 g/mol. The predicted molar refractivity (Wildman–Crippen MR) is 101 cm³/mol. The summed E-state index contributed by atoms with van der Waals surface area (Å²) in [6.45, 7) is 8.63. The van der Waals surface area contributed by atoms with Crippen molar-refractivity contribution in [3.63, 3.8) is 0 Å².